The third-order valence-electron chi connectivity index (χ3n) is 2.03. The van der Waals surface area contributed by atoms with Gasteiger partial charge in [-0.25, -0.2) is 0 Å². The molecule has 0 aromatic rings. The van der Waals surface area contributed by atoms with E-state index in [0.29, 0.717) is 0 Å². The largest absolute Gasteiger partial charge is 0.498 e. The molecule has 0 unspecified atom stereocenters. The molecule has 0 spiro atoms. The van der Waals surface area contributed by atoms with Gasteiger partial charge in [0.2, 0.25) is 0 Å². The third kappa shape index (κ3) is 3.45. The van der Waals surface area contributed by atoms with Crippen molar-refractivity contribution in [2.45, 2.75) is 45.4 Å². The van der Waals surface area contributed by atoms with Crippen molar-refractivity contribution in [2.24, 2.45) is 0 Å². The van der Waals surface area contributed by atoms with Gasteiger partial charge in [0.15, 0.2) is 0 Å². The van der Waals surface area contributed by atoms with Crippen LogP contribution in [-0.2, 0) is 4.74 Å². The van der Waals surface area contributed by atoms with Crippen LogP contribution in [0.1, 0.15) is 45.4 Å². The predicted octanol–water partition coefficient (Wildman–Crippen LogP) is 3.26. The smallest absolute Gasteiger partial charge is 0.0921 e. The van der Waals surface area contributed by atoms with E-state index in [9.17, 15) is 0 Å². The molecule has 11 heavy (non-hydrogen) atoms. The molecule has 0 amide bonds. The number of rotatable bonds is 4. The Bertz CT molecular complexity index is 119. The topological polar surface area (TPSA) is 9.23 Å². The predicted molar refractivity (Wildman–Crippen MR) is 47.4 cm³/mol. The summed E-state index contributed by atoms with van der Waals surface area (Å²) in [5.74, 6) is 1.24. The first-order chi connectivity index (χ1) is 5.43. The summed E-state index contributed by atoms with van der Waals surface area (Å²) in [4.78, 5) is 0. The van der Waals surface area contributed by atoms with Crippen LogP contribution in [0.5, 0.6) is 0 Å². The number of ether oxygens (including phenoxy) is 1. The lowest BCUT2D eigenvalue weighted by Gasteiger charge is -1.97. The molecule has 1 nitrogen and oxygen atoms in total. The average Bonchev–Trinajstić information content (AvgIpc) is 2.50. The summed E-state index contributed by atoms with van der Waals surface area (Å²) in [5.41, 5.74) is 0. The van der Waals surface area contributed by atoms with Crippen LogP contribution < -0.4 is 0 Å². The van der Waals surface area contributed by atoms with E-state index in [1.165, 1.54) is 44.3 Å². The Hall–Kier alpha value is -0.460. The Morgan fingerprint density at radius 2 is 2.36 bits per heavy atom. The van der Waals surface area contributed by atoms with Crippen molar-refractivity contribution in [1.82, 2.24) is 0 Å². The van der Waals surface area contributed by atoms with E-state index in [1.807, 2.05) is 0 Å². The minimum atomic E-state index is 0.944. The molecule has 1 fully saturated rings. The Kier molecular flexibility index (Phi) is 4.10. The zero-order chi connectivity index (χ0) is 7.94. The number of hydrogen-bond acceptors (Lipinski definition) is 1. The Labute approximate surface area is 69.4 Å². The summed E-state index contributed by atoms with van der Waals surface area (Å²) < 4.78 is 5.39. The molecule has 0 aromatic carbocycles. The lowest BCUT2D eigenvalue weighted by Crippen LogP contribution is -1.79. The van der Waals surface area contributed by atoms with Gasteiger partial charge in [-0.15, -0.1) is 0 Å². The van der Waals surface area contributed by atoms with Crippen LogP contribution in [0.2, 0.25) is 0 Å². The second-order valence-corrected chi connectivity index (χ2v) is 3.12. The van der Waals surface area contributed by atoms with Gasteiger partial charge in [-0.3, -0.25) is 0 Å². The number of hydrogen-bond donors (Lipinski definition) is 0. The summed E-state index contributed by atoms with van der Waals surface area (Å²) in [5, 5.41) is 0. The van der Waals surface area contributed by atoms with Crippen molar-refractivity contribution in [1.29, 1.82) is 0 Å². The molecule has 1 heterocycles. The first-order valence-electron chi connectivity index (χ1n) is 4.75. The normalized spacial score (nSPS) is 20.6. The summed E-state index contributed by atoms with van der Waals surface area (Å²) >= 11 is 0. The molecule has 0 saturated carbocycles. The summed E-state index contributed by atoms with van der Waals surface area (Å²) in [6.07, 6.45) is 9.86. The fraction of sp³-hybridized carbons (Fsp3) is 0.800. The first-order valence-corrected chi connectivity index (χ1v) is 4.75. The van der Waals surface area contributed by atoms with E-state index < -0.39 is 0 Å². The van der Waals surface area contributed by atoms with Crippen molar-refractivity contribution in [3.05, 3.63) is 11.8 Å². The highest BCUT2D eigenvalue weighted by Gasteiger charge is 2.05. The van der Waals surface area contributed by atoms with Gasteiger partial charge in [0.05, 0.1) is 12.4 Å². The minimum Gasteiger partial charge on any atom is -0.498 e. The van der Waals surface area contributed by atoms with E-state index in [2.05, 4.69) is 13.0 Å². The van der Waals surface area contributed by atoms with Crippen LogP contribution in [0, 0.1) is 0 Å². The Balaban J connectivity index is 2.03. The van der Waals surface area contributed by atoms with E-state index in [0.717, 1.165) is 6.61 Å². The molecule has 0 N–H and O–H groups in total. The van der Waals surface area contributed by atoms with Crippen molar-refractivity contribution in [3.63, 3.8) is 0 Å². The average molecular weight is 154 g/mol. The zero-order valence-electron chi connectivity index (χ0n) is 7.44. The van der Waals surface area contributed by atoms with E-state index in [1.54, 1.807) is 0 Å². The van der Waals surface area contributed by atoms with Crippen LogP contribution in [0.3, 0.4) is 0 Å². The zero-order valence-corrected chi connectivity index (χ0v) is 7.44. The van der Waals surface area contributed by atoms with Crippen LogP contribution in [0.25, 0.3) is 0 Å². The lowest BCUT2D eigenvalue weighted by molar-refractivity contribution is 0.262. The third-order valence-corrected chi connectivity index (χ3v) is 2.03. The Morgan fingerprint density at radius 3 is 3.00 bits per heavy atom. The summed E-state index contributed by atoms with van der Waals surface area (Å²) in [6.45, 7) is 3.18. The van der Waals surface area contributed by atoms with Crippen molar-refractivity contribution >= 4 is 0 Å². The molecule has 1 saturated heterocycles. The summed E-state index contributed by atoms with van der Waals surface area (Å²) in [7, 11) is 0. The SMILES string of the molecule is CCCCC/C=C1\CCCO1. The molecule has 1 aliphatic rings. The van der Waals surface area contributed by atoms with E-state index in [4.69, 9.17) is 4.74 Å². The highest BCUT2D eigenvalue weighted by atomic mass is 16.5. The molecule has 0 aliphatic carbocycles. The molecule has 64 valence electrons. The molecule has 1 heteroatoms. The molecule has 0 bridgehead atoms. The monoisotopic (exact) mass is 154 g/mol. The number of allylic oxidation sites excluding steroid dienone is 2. The lowest BCUT2D eigenvalue weighted by atomic mass is 10.2. The quantitative estimate of drug-likeness (QED) is 0.565. The van der Waals surface area contributed by atoms with Gasteiger partial charge in [-0.05, 0) is 25.3 Å². The van der Waals surface area contributed by atoms with Gasteiger partial charge in [-0.1, -0.05) is 19.8 Å². The highest BCUT2D eigenvalue weighted by molar-refractivity contribution is 4.95. The highest BCUT2D eigenvalue weighted by Crippen LogP contribution is 2.17. The maximum absolute atomic E-state index is 5.39. The van der Waals surface area contributed by atoms with Crippen LogP contribution in [0.15, 0.2) is 11.8 Å². The van der Waals surface area contributed by atoms with Crippen molar-refractivity contribution < 1.29 is 4.74 Å². The molecular weight excluding hydrogens is 136 g/mol. The van der Waals surface area contributed by atoms with Gasteiger partial charge >= 0.3 is 0 Å². The molecule has 1 rings (SSSR count). The maximum Gasteiger partial charge on any atom is 0.0921 e. The molecule has 0 radical (unpaired) electrons. The standard InChI is InChI=1S/C10H18O/c1-2-3-4-5-7-10-8-6-9-11-10/h7H,2-6,8-9H2,1H3/b10-7+. The molecule has 1 aliphatic heterocycles. The molecular formula is C10H18O. The molecule has 0 aromatic heterocycles. The van der Waals surface area contributed by atoms with E-state index >= 15 is 0 Å². The Morgan fingerprint density at radius 1 is 1.45 bits per heavy atom. The van der Waals surface area contributed by atoms with E-state index in [-0.39, 0.29) is 0 Å². The van der Waals surface area contributed by atoms with Gasteiger partial charge in [0, 0.05) is 6.42 Å². The minimum absolute atomic E-state index is 0.944. The van der Waals surface area contributed by atoms with Gasteiger partial charge in [0.25, 0.3) is 0 Å². The van der Waals surface area contributed by atoms with Crippen LogP contribution >= 0.6 is 0 Å². The fourth-order valence-corrected chi connectivity index (χ4v) is 1.34. The second kappa shape index (κ2) is 5.22. The van der Waals surface area contributed by atoms with Crippen LogP contribution in [0.4, 0.5) is 0 Å². The van der Waals surface area contributed by atoms with Gasteiger partial charge in [-0.2, -0.15) is 0 Å². The molecule has 0 atom stereocenters. The van der Waals surface area contributed by atoms with Crippen molar-refractivity contribution in [2.75, 3.05) is 6.61 Å². The first kappa shape index (κ1) is 8.63. The van der Waals surface area contributed by atoms with Gasteiger partial charge < -0.3 is 4.74 Å². The number of unbranched alkanes of at least 4 members (excludes halogenated alkanes) is 3. The second-order valence-electron chi connectivity index (χ2n) is 3.12. The fourth-order valence-electron chi connectivity index (χ4n) is 1.34. The summed E-state index contributed by atoms with van der Waals surface area (Å²) in [6, 6.07) is 0. The van der Waals surface area contributed by atoms with Gasteiger partial charge in [0.1, 0.15) is 0 Å². The van der Waals surface area contributed by atoms with Crippen LogP contribution in [-0.4, -0.2) is 6.61 Å². The van der Waals surface area contributed by atoms with Crippen molar-refractivity contribution in [3.8, 4) is 0 Å². The maximum atomic E-state index is 5.39.